The van der Waals surface area contributed by atoms with Crippen molar-refractivity contribution in [2.45, 2.75) is 13.3 Å². The smallest absolute Gasteiger partial charge is 0.343 e. The van der Waals surface area contributed by atoms with Crippen LogP contribution in [0.3, 0.4) is 0 Å². The number of ether oxygens (including phenoxy) is 1. The van der Waals surface area contributed by atoms with Crippen LogP contribution in [-0.2, 0) is 11.2 Å². The Balaban J connectivity index is 1.52. The average Bonchev–Trinajstić information content (AvgIpc) is 2.70. The van der Waals surface area contributed by atoms with Gasteiger partial charge >= 0.3 is 5.97 Å². The van der Waals surface area contributed by atoms with Gasteiger partial charge in [-0.3, -0.25) is 4.79 Å². The van der Waals surface area contributed by atoms with Crippen molar-refractivity contribution in [3.8, 4) is 5.75 Å². The minimum Gasteiger partial charge on any atom is -0.423 e. The molecule has 0 unspecified atom stereocenters. The van der Waals surface area contributed by atoms with Gasteiger partial charge in [-0.1, -0.05) is 48.5 Å². The van der Waals surface area contributed by atoms with Crippen LogP contribution >= 0.6 is 0 Å². The van der Waals surface area contributed by atoms with Crippen molar-refractivity contribution >= 4 is 18.1 Å². The summed E-state index contributed by atoms with van der Waals surface area (Å²) in [6.07, 6.45) is 1.81. The lowest BCUT2D eigenvalue weighted by molar-refractivity contribution is -0.120. The standard InChI is InChI=1S/C23H20N2O3/c1-17-7-5-6-10-21(17)23(27)28-20-13-11-19(12-14-20)16-24-25-22(26)15-18-8-3-2-4-9-18/h2-14,16H,15H2,1H3,(H,25,26)/b24-16-. The molecule has 0 saturated heterocycles. The summed E-state index contributed by atoms with van der Waals surface area (Å²) in [4.78, 5) is 24.1. The normalized spacial score (nSPS) is 10.6. The Hall–Kier alpha value is -3.73. The Morgan fingerprint density at radius 2 is 1.61 bits per heavy atom. The number of rotatable bonds is 6. The summed E-state index contributed by atoms with van der Waals surface area (Å²) in [6.45, 7) is 1.86. The van der Waals surface area contributed by atoms with E-state index in [1.165, 1.54) is 6.21 Å². The van der Waals surface area contributed by atoms with E-state index in [1.54, 1.807) is 36.4 Å². The van der Waals surface area contributed by atoms with Gasteiger partial charge in [0.1, 0.15) is 5.75 Å². The van der Waals surface area contributed by atoms with Crippen molar-refractivity contribution < 1.29 is 14.3 Å². The average molecular weight is 372 g/mol. The lowest BCUT2D eigenvalue weighted by atomic mass is 10.1. The van der Waals surface area contributed by atoms with E-state index in [0.29, 0.717) is 11.3 Å². The van der Waals surface area contributed by atoms with E-state index in [1.807, 2.05) is 49.4 Å². The van der Waals surface area contributed by atoms with Crippen molar-refractivity contribution in [2.24, 2.45) is 5.10 Å². The van der Waals surface area contributed by atoms with Gasteiger partial charge in [-0.15, -0.1) is 0 Å². The molecule has 3 rings (SSSR count). The maximum absolute atomic E-state index is 12.2. The van der Waals surface area contributed by atoms with Crippen LogP contribution in [0.4, 0.5) is 0 Å². The summed E-state index contributed by atoms with van der Waals surface area (Å²) in [5.41, 5.74) is 5.60. The Bertz CT molecular complexity index is 980. The van der Waals surface area contributed by atoms with Crippen molar-refractivity contribution in [3.63, 3.8) is 0 Å². The molecule has 140 valence electrons. The number of hydrogen-bond donors (Lipinski definition) is 1. The second-order valence-corrected chi connectivity index (χ2v) is 6.23. The number of amides is 1. The molecule has 0 aliphatic carbocycles. The molecule has 0 bridgehead atoms. The van der Waals surface area contributed by atoms with E-state index in [0.717, 1.165) is 16.7 Å². The molecule has 0 radical (unpaired) electrons. The van der Waals surface area contributed by atoms with Gasteiger partial charge in [-0.25, -0.2) is 10.2 Å². The fourth-order valence-corrected chi connectivity index (χ4v) is 2.59. The number of benzene rings is 3. The van der Waals surface area contributed by atoms with E-state index in [9.17, 15) is 9.59 Å². The molecular formula is C23H20N2O3. The molecule has 0 fully saturated rings. The van der Waals surface area contributed by atoms with Crippen molar-refractivity contribution in [2.75, 3.05) is 0 Å². The zero-order chi connectivity index (χ0) is 19.8. The lowest BCUT2D eigenvalue weighted by Gasteiger charge is -2.06. The van der Waals surface area contributed by atoms with Crippen molar-refractivity contribution in [1.29, 1.82) is 0 Å². The summed E-state index contributed by atoms with van der Waals surface area (Å²) < 4.78 is 5.39. The summed E-state index contributed by atoms with van der Waals surface area (Å²) in [7, 11) is 0. The quantitative estimate of drug-likeness (QED) is 0.309. The third-order valence-electron chi connectivity index (χ3n) is 4.07. The Kier molecular flexibility index (Phi) is 6.31. The van der Waals surface area contributed by atoms with Crippen molar-refractivity contribution in [3.05, 3.63) is 101 Å². The van der Waals surface area contributed by atoms with Crippen LogP contribution in [0.1, 0.15) is 27.0 Å². The van der Waals surface area contributed by atoms with Gasteiger partial charge in [-0.2, -0.15) is 5.10 Å². The first-order chi connectivity index (χ1) is 13.6. The molecule has 0 heterocycles. The summed E-state index contributed by atoms with van der Waals surface area (Å²) in [6, 6.07) is 23.6. The minimum atomic E-state index is -0.396. The van der Waals surface area contributed by atoms with Crippen LogP contribution in [0, 0.1) is 6.92 Å². The Morgan fingerprint density at radius 3 is 2.32 bits per heavy atom. The van der Waals surface area contributed by atoms with Crippen LogP contribution in [0.25, 0.3) is 0 Å². The summed E-state index contributed by atoms with van der Waals surface area (Å²) >= 11 is 0. The molecule has 1 amide bonds. The van der Waals surface area contributed by atoms with E-state index in [4.69, 9.17) is 4.74 Å². The van der Waals surface area contributed by atoms with Gasteiger partial charge in [-0.05, 0) is 53.9 Å². The summed E-state index contributed by atoms with van der Waals surface area (Å²) in [5.74, 6) is -0.141. The molecule has 28 heavy (non-hydrogen) atoms. The first kappa shape index (κ1) is 19.0. The van der Waals surface area contributed by atoms with E-state index < -0.39 is 5.97 Å². The van der Waals surface area contributed by atoms with Gasteiger partial charge in [0.15, 0.2) is 0 Å². The van der Waals surface area contributed by atoms with Gasteiger partial charge < -0.3 is 4.74 Å². The predicted molar refractivity (Wildman–Crippen MR) is 108 cm³/mol. The third-order valence-corrected chi connectivity index (χ3v) is 4.07. The monoisotopic (exact) mass is 372 g/mol. The number of hydrogen-bond acceptors (Lipinski definition) is 4. The molecule has 0 spiro atoms. The van der Waals surface area contributed by atoms with E-state index in [2.05, 4.69) is 10.5 Å². The fraction of sp³-hybridized carbons (Fsp3) is 0.0870. The number of aryl methyl sites for hydroxylation is 1. The van der Waals surface area contributed by atoms with E-state index >= 15 is 0 Å². The first-order valence-corrected chi connectivity index (χ1v) is 8.85. The third kappa shape index (κ3) is 5.38. The van der Waals surface area contributed by atoms with Gasteiger partial charge in [0.25, 0.3) is 0 Å². The fourth-order valence-electron chi connectivity index (χ4n) is 2.59. The number of carbonyl (C=O) groups is 2. The van der Waals surface area contributed by atoms with E-state index in [-0.39, 0.29) is 12.3 Å². The molecule has 1 N–H and O–H groups in total. The second-order valence-electron chi connectivity index (χ2n) is 6.23. The first-order valence-electron chi connectivity index (χ1n) is 8.85. The van der Waals surface area contributed by atoms with Gasteiger partial charge in [0.05, 0.1) is 18.2 Å². The highest BCUT2D eigenvalue weighted by Crippen LogP contribution is 2.15. The zero-order valence-corrected chi connectivity index (χ0v) is 15.5. The molecule has 5 nitrogen and oxygen atoms in total. The Labute approximate surface area is 163 Å². The highest BCUT2D eigenvalue weighted by Gasteiger charge is 2.10. The molecule has 0 aliphatic rings. The highest BCUT2D eigenvalue weighted by molar-refractivity contribution is 5.92. The lowest BCUT2D eigenvalue weighted by Crippen LogP contribution is -2.19. The van der Waals surface area contributed by atoms with Gasteiger partial charge in [0, 0.05) is 0 Å². The molecule has 0 saturated carbocycles. The second kappa shape index (κ2) is 9.28. The van der Waals surface area contributed by atoms with Crippen LogP contribution in [0.15, 0.2) is 84.0 Å². The van der Waals surface area contributed by atoms with Gasteiger partial charge in [0.2, 0.25) is 5.91 Å². The summed E-state index contributed by atoms with van der Waals surface area (Å²) in [5, 5.41) is 3.96. The van der Waals surface area contributed by atoms with Crippen LogP contribution in [0.2, 0.25) is 0 Å². The topological polar surface area (TPSA) is 67.8 Å². The molecule has 0 aliphatic heterocycles. The number of hydrazone groups is 1. The number of esters is 1. The molecule has 3 aromatic rings. The predicted octanol–water partition coefficient (Wildman–Crippen LogP) is 3.91. The zero-order valence-electron chi connectivity index (χ0n) is 15.5. The van der Waals surface area contributed by atoms with Crippen molar-refractivity contribution in [1.82, 2.24) is 5.43 Å². The SMILES string of the molecule is Cc1ccccc1C(=O)Oc1ccc(/C=N\NC(=O)Cc2ccccc2)cc1. The van der Waals surface area contributed by atoms with Crippen LogP contribution in [0.5, 0.6) is 5.75 Å². The maximum Gasteiger partial charge on any atom is 0.343 e. The Morgan fingerprint density at radius 1 is 0.929 bits per heavy atom. The molecule has 0 atom stereocenters. The molecule has 3 aromatic carbocycles. The minimum absolute atomic E-state index is 0.189. The van der Waals surface area contributed by atoms with Crippen LogP contribution in [-0.4, -0.2) is 18.1 Å². The van der Waals surface area contributed by atoms with Crippen LogP contribution < -0.4 is 10.2 Å². The highest BCUT2D eigenvalue weighted by atomic mass is 16.5. The number of nitrogens with zero attached hydrogens (tertiary/aromatic N) is 1. The number of carbonyl (C=O) groups excluding carboxylic acids is 2. The largest absolute Gasteiger partial charge is 0.423 e. The molecular weight excluding hydrogens is 352 g/mol. The number of nitrogens with one attached hydrogen (secondary N) is 1. The maximum atomic E-state index is 12.2. The molecule has 0 aromatic heterocycles. The molecule has 5 heteroatoms.